The molecule has 0 saturated heterocycles. The number of carbonyl (C=O) groups is 1. The first kappa shape index (κ1) is 13.7. The third-order valence-corrected chi connectivity index (χ3v) is 3.15. The van der Waals surface area contributed by atoms with Gasteiger partial charge in [-0.1, -0.05) is 41.4 Å². The molecule has 0 fully saturated rings. The standard InChI is InChI=1S/C14H11Cl2NO2/c15-10-5-6-11(13(17)7-10)14(18)19-8-9-3-1-2-4-12(9)16/h1-7H,8,17H2. The van der Waals surface area contributed by atoms with E-state index in [1.807, 2.05) is 12.1 Å². The van der Waals surface area contributed by atoms with Crippen molar-refractivity contribution >= 4 is 34.9 Å². The molecular formula is C14H11Cl2NO2. The van der Waals surface area contributed by atoms with Crippen LogP contribution in [0, 0.1) is 0 Å². The van der Waals surface area contributed by atoms with Gasteiger partial charge in [0.25, 0.3) is 0 Å². The zero-order chi connectivity index (χ0) is 13.8. The molecule has 98 valence electrons. The van der Waals surface area contributed by atoms with Gasteiger partial charge < -0.3 is 10.5 Å². The Morgan fingerprint density at radius 3 is 2.58 bits per heavy atom. The Bertz CT molecular complexity index is 614. The maximum atomic E-state index is 11.9. The second-order valence-corrected chi connectivity index (χ2v) is 4.74. The summed E-state index contributed by atoms with van der Waals surface area (Å²) in [6.07, 6.45) is 0. The van der Waals surface area contributed by atoms with Crippen LogP contribution < -0.4 is 5.73 Å². The van der Waals surface area contributed by atoms with Gasteiger partial charge in [0.05, 0.1) is 5.56 Å². The van der Waals surface area contributed by atoms with E-state index in [2.05, 4.69) is 0 Å². The number of nitrogens with two attached hydrogens (primary N) is 1. The van der Waals surface area contributed by atoms with Gasteiger partial charge >= 0.3 is 5.97 Å². The maximum Gasteiger partial charge on any atom is 0.340 e. The molecule has 3 nitrogen and oxygen atoms in total. The smallest absolute Gasteiger partial charge is 0.340 e. The number of hydrogen-bond acceptors (Lipinski definition) is 3. The first-order chi connectivity index (χ1) is 9.08. The van der Waals surface area contributed by atoms with Crippen molar-refractivity contribution in [2.75, 3.05) is 5.73 Å². The summed E-state index contributed by atoms with van der Waals surface area (Å²) < 4.78 is 5.17. The minimum Gasteiger partial charge on any atom is -0.457 e. The lowest BCUT2D eigenvalue weighted by Gasteiger charge is -2.08. The number of nitrogen functional groups attached to an aromatic ring is 1. The van der Waals surface area contributed by atoms with Crippen molar-refractivity contribution in [1.29, 1.82) is 0 Å². The molecule has 0 amide bonds. The van der Waals surface area contributed by atoms with Gasteiger partial charge in [-0.2, -0.15) is 0 Å². The molecule has 0 saturated carbocycles. The minimum atomic E-state index is -0.505. The van der Waals surface area contributed by atoms with E-state index in [0.717, 1.165) is 5.56 Å². The van der Waals surface area contributed by atoms with Gasteiger partial charge in [0.2, 0.25) is 0 Å². The van der Waals surface area contributed by atoms with Crippen molar-refractivity contribution in [1.82, 2.24) is 0 Å². The maximum absolute atomic E-state index is 11.9. The summed E-state index contributed by atoms with van der Waals surface area (Å²) in [5, 5.41) is 1.03. The van der Waals surface area contributed by atoms with Gasteiger partial charge in [0, 0.05) is 21.3 Å². The topological polar surface area (TPSA) is 52.3 Å². The SMILES string of the molecule is Nc1cc(Cl)ccc1C(=O)OCc1ccccc1Cl. The van der Waals surface area contributed by atoms with E-state index in [1.165, 1.54) is 12.1 Å². The Balaban J connectivity index is 2.08. The predicted molar refractivity (Wildman–Crippen MR) is 76.4 cm³/mol. The molecule has 0 unspecified atom stereocenters. The van der Waals surface area contributed by atoms with Gasteiger partial charge in [-0.05, 0) is 24.3 Å². The quantitative estimate of drug-likeness (QED) is 0.689. The summed E-state index contributed by atoms with van der Waals surface area (Å²) in [5.41, 5.74) is 7.03. The first-order valence-electron chi connectivity index (χ1n) is 5.53. The minimum absolute atomic E-state index is 0.0978. The van der Waals surface area contributed by atoms with Crippen molar-refractivity contribution in [3.63, 3.8) is 0 Å². The highest BCUT2D eigenvalue weighted by atomic mass is 35.5. The first-order valence-corrected chi connectivity index (χ1v) is 6.29. The number of carbonyl (C=O) groups excluding carboxylic acids is 1. The summed E-state index contributed by atoms with van der Waals surface area (Å²) in [7, 11) is 0. The lowest BCUT2D eigenvalue weighted by atomic mass is 10.2. The third kappa shape index (κ3) is 3.40. The average Bonchev–Trinajstić information content (AvgIpc) is 2.37. The Morgan fingerprint density at radius 1 is 1.16 bits per heavy atom. The lowest BCUT2D eigenvalue weighted by molar-refractivity contribution is 0.0474. The van der Waals surface area contributed by atoms with Crippen molar-refractivity contribution in [3.05, 3.63) is 63.6 Å². The molecule has 19 heavy (non-hydrogen) atoms. The fourth-order valence-corrected chi connectivity index (χ4v) is 1.93. The van der Waals surface area contributed by atoms with Crippen LogP contribution in [0.5, 0.6) is 0 Å². The highest BCUT2D eigenvalue weighted by molar-refractivity contribution is 6.31. The lowest BCUT2D eigenvalue weighted by Crippen LogP contribution is -2.08. The molecule has 0 bridgehead atoms. The number of benzene rings is 2. The van der Waals surface area contributed by atoms with Gasteiger partial charge in [-0.3, -0.25) is 0 Å². The van der Waals surface area contributed by atoms with E-state index in [0.29, 0.717) is 10.0 Å². The Morgan fingerprint density at radius 2 is 1.89 bits per heavy atom. The molecule has 0 radical (unpaired) electrons. The van der Waals surface area contributed by atoms with Crippen LogP contribution in [0.3, 0.4) is 0 Å². The van der Waals surface area contributed by atoms with Crippen LogP contribution >= 0.6 is 23.2 Å². The second-order valence-electron chi connectivity index (χ2n) is 3.90. The molecular weight excluding hydrogens is 285 g/mol. The van der Waals surface area contributed by atoms with Crippen molar-refractivity contribution in [3.8, 4) is 0 Å². The summed E-state index contributed by atoms with van der Waals surface area (Å²) >= 11 is 11.7. The van der Waals surface area contributed by atoms with Crippen LogP contribution in [0.1, 0.15) is 15.9 Å². The number of esters is 1. The molecule has 0 heterocycles. The summed E-state index contributed by atoms with van der Waals surface area (Å²) in [6, 6.07) is 11.8. The second kappa shape index (κ2) is 5.95. The highest BCUT2D eigenvalue weighted by Crippen LogP contribution is 2.20. The van der Waals surface area contributed by atoms with Crippen LogP contribution in [0.2, 0.25) is 10.0 Å². The van der Waals surface area contributed by atoms with E-state index in [1.54, 1.807) is 18.2 Å². The molecule has 2 N–H and O–H groups in total. The molecule has 0 aliphatic rings. The van der Waals surface area contributed by atoms with Gasteiger partial charge in [0.1, 0.15) is 6.61 Å². The summed E-state index contributed by atoms with van der Waals surface area (Å²) in [6.45, 7) is 0.0978. The molecule has 5 heteroatoms. The molecule has 2 aromatic carbocycles. The van der Waals surface area contributed by atoms with Gasteiger partial charge in [-0.15, -0.1) is 0 Å². The van der Waals surface area contributed by atoms with Crippen molar-refractivity contribution in [2.24, 2.45) is 0 Å². The Labute approximate surface area is 120 Å². The molecule has 0 spiro atoms. The van der Waals surface area contributed by atoms with Crippen LogP contribution in [-0.4, -0.2) is 5.97 Å². The summed E-state index contributed by atoms with van der Waals surface area (Å²) in [5.74, 6) is -0.505. The number of anilines is 1. The summed E-state index contributed by atoms with van der Waals surface area (Å²) in [4.78, 5) is 11.9. The van der Waals surface area contributed by atoms with Crippen LogP contribution in [-0.2, 0) is 11.3 Å². The molecule has 2 aromatic rings. The number of halogens is 2. The van der Waals surface area contributed by atoms with Gasteiger partial charge in [0.15, 0.2) is 0 Å². The van der Waals surface area contributed by atoms with Crippen molar-refractivity contribution < 1.29 is 9.53 Å². The van der Waals surface area contributed by atoms with E-state index in [-0.39, 0.29) is 17.9 Å². The van der Waals surface area contributed by atoms with Crippen LogP contribution in [0.4, 0.5) is 5.69 Å². The number of ether oxygens (including phenoxy) is 1. The monoisotopic (exact) mass is 295 g/mol. The van der Waals surface area contributed by atoms with E-state index >= 15 is 0 Å². The molecule has 0 atom stereocenters. The zero-order valence-electron chi connectivity index (χ0n) is 9.90. The third-order valence-electron chi connectivity index (χ3n) is 2.55. The van der Waals surface area contributed by atoms with E-state index in [9.17, 15) is 4.79 Å². The van der Waals surface area contributed by atoms with E-state index < -0.39 is 5.97 Å². The Kier molecular flexibility index (Phi) is 4.30. The fraction of sp³-hybridized carbons (Fsp3) is 0.0714. The highest BCUT2D eigenvalue weighted by Gasteiger charge is 2.12. The predicted octanol–water partition coefficient (Wildman–Crippen LogP) is 3.93. The molecule has 0 aliphatic heterocycles. The van der Waals surface area contributed by atoms with Crippen molar-refractivity contribution in [2.45, 2.75) is 6.61 Å². The normalized spacial score (nSPS) is 10.2. The zero-order valence-corrected chi connectivity index (χ0v) is 11.4. The largest absolute Gasteiger partial charge is 0.457 e. The molecule has 0 aliphatic carbocycles. The number of rotatable bonds is 3. The molecule has 0 aromatic heterocycles. The Hall–Kier alpha value is -1.71. The average molecular weight is 296 g/mol. The van der Waals surface area contributed by atoms with E-state index in [4.69, 9.17) is 33.7 Å². The number of hydrogen-bond donors (Lipinski definition) is 1. The van der Waals surface area contributed by atoms with Gasteiger partial charge in [-0.25, -0.2) is 4.79 Å². The van der Waals surface area contributed by atoms with Crippen LogP contribution in [0.25, 0.3) is 0 Å². The molecule has 2 rings (SSSR count). The van der Waals surface area contributed by atoms with Crippen LogP contribution in [0.15, 0.2) is 42.5 Å². The fourth-order valence-electron chi connectivity index (χ4n) is 1.56.